The van der Waals surface area contributed by atoms with Crippen molar-refractivity contribution < 1.29 is 9.18 Å². The lowest BCUT2D eigenvalue weighted by Crippen LogP contribution is -2.23. The van der Waals surface area contributed by atoms with E-state index >= 15 is 0 Å². The quantitative estimate of drug-likeness (QED) is 0.728. The Morgan fingerprint density at radius 2 is 2.31 bits per heavy atom. The number of pyridine rings is 1. The van der Waals surface area contributed by atoms with Gasteiger partial charge in [0.1, 0.15) is 12.2 Å². The minimum atomic E-state index is -0.619. The van der Waals surface area contributed by atoms with Crippen LogP contribution in [0.4, 0.5) is 4.39 Å². The molecular formula is C9H8FN5O. The maximum Gasteiger partial charge on any atom is 0.253 e. The summed E-state index contributed by atoms with van der Waals surface area (Å²) in [6, 6.07) is 2.49. The number of nitrogens with one attached hydrogen (secondary N) is 2. The molecule has 0 radical (unpaired) electrons. The topological polar surface area (TPSA) is 83.6 Å². The van der Waals surface area contributed by atoms with Crippen molar-refractivity contribution >= 4 is 5.91 Å². The molecule has 2 N–H and O–H groups in total. The van der Waals surface area contributed by atoms with E-state index in [0.29, 0.717) is 11.4 Å². The van der Waals surface area contributed by atoms with Crippen LogP contribution in [-0.4, -0.2) is 26.1 Å². The first-order valence-corrected chi connectivity index (χ1v) is 4.49. The average Bonchev–Trinajstić information content (AvgIpc) is 2.80. The summed E-state index contributed by atoms with van der Waals surface area (Å²) in [5.41, 5.74) is 0.293. The first-order chi connectivity index (χ1) is 7.75. The molecule has 0 saturated heterocycles. The van der Waals surface area contributed by atoms with Crippen LogP contribution in [0.5, 0.6) is 0 Å². The van der Waals surface area contributed by atoms with Gasteiger partial charge in [0.05, 0.1) is 12.1 Å². The van der Waals surface area contributed by atoms with E-state index in [1.165, 1.54) is 18.6 Å². The third-order valence-electron chi connectivity index (χ3n) is 1.87. The molecule has 0 fully saturated rings. The normalized spacial score (nSPS) is 10.1. The molecule has 0 aliphatic heterocycles. The van der Waals surface area contributed by atoms with Gasteiger partial charge in [0.25, 0.3) is 5.91 Å². The predicted octanol–water partition coefficient (Wildman–Crippen LogP) is 0.269. The van der Waals surface area contributed by atoms with E-state index in [2.05, 4.69) is 25.5 Å². The Kier molecular flexibility index (Phi) is 2.86. The van der Waals surface area contributed by atoms with Crippen LogP contribution in [-0.2, 0) is 6.54 Å². The molecule has 0 aliphatic rings. The molecule has 0 saturated carbocycles. The second-order valence-corrected chi connectivity index (χ2v) is 2.98. The van der Waals surface area contributed by atoms with Crippen LogP contribution in [0.1, 0.15) is 16.2 Å². The van der Waals surface area contributed by atoms with E-state index in [4.69, 9.17) is 0 Å². The van der Waals surface area contributed by atoms with Gasteiger partial charge >= 0.3 is 0 Å². The van der Waals surface area contributed by atoms with Gasteiger partial charge in [0.15, 0.2) is 0 Å². The lowest BCUT2D eigenvalue weighted by Gasteiger charge is -2.01. The highest BCUT2D eigenvalue weighted by Gasteiger charge is 2.06. The fraction of sp³-hybridized carbons (Fsp3) is 0.111. The van der Waals surface area contributed by atoms with Crippen molar-refractivity contribution in [3.63, 3.8) is 0 Å². The second kappa shape index (κ2) is 4.47. The highest BCUT2D eigenvalue weighted by molar-refractivity contribution is 5.93. The molecule has 16 heavy (non-hydrogen) atoms. The van der Waals surface area contributed by atoms with Gasteiger partial charge in [0.2, 0.25) is 5.95 Å². The Hall–Kier alpha value is -2.31. The number of amides is 1. The van der Waals surface area contributed by atoms with Crippen LogP contribution in [0.15, 0.2) is 24.7 Å². The maximum atomic E-state index is 12.5. The SMILES string of the molecule is O=C(NCc1ncn[nH]1)c1ccc(F)nc1. The van der Waals surface area contributed by atoms with Gasteiger partial charge in [-0.2, -0.15) is 9.49 Å². The summed E-state index contributed by atoms with van der Waals surface area (Å²) >= 11 is 0. The molecule has 2 rings (SSSR count). The van der Waals surface area contributed by atoms with E-state index in [1.807, 2.05) is 0 Å². The van der Waals surface area contributed by atoms with E-state index in [-0.39, 0.29) is 12.5 Å². The van der Waals surface area contributed by atoms with E-state index in [0.717, 1.165) is 6.07 Å². The monoisotopic (exact) mass is 221 g/mol. The van der Waals surface area contributed by atoms with Crippen LogP contribution >= 0.6 is 0 Å². The molecule has 0 bridgehead atoms. The smallest absolute Gasteiger partial charge is 0.253 e. The molecule has 0 unspecified atom stereocenters. The minimum Gasteiger partial charge on any atom is -0.345 e. The number of rotatable bonds is 3. The van der Waals surface area contributed by atoms with Crippen LogP contribution in [0.3, 0.4) is 0 Å². The van der Waals surface area contributed by atoms with Crippen molar-refractivity contribution in [3.8, 4) is 0 Å². The van der Waals surface area contributed by atoms with Crippen LogP contribution in [0.2, 0.25) is 0 Å². The highest BCUT2D eigenvalue weighted by Crippen LogP contribution is 1.99. The number of H-pyrrole nitrogens is 1. The fourth-order valence-corrected chi connectivity index (χ4v) is 1.09. The van der Waals surface area contributed by atoms with Crippen molar-refractivity contribution in [1.82, 2.24) is 25.5 Å². The number of hydrogen-bond donors (Lipinski definition) is 2. The van der Waals surface area contributed by atoms with Crippen molar-refractivity contribution in [2.45, 2.75) is 6.54 Å². The molecule has 82 valence electrons. The second-order valence-electron chi connectivity index (χ2n) is 2.98. The zero-order chi connectivity index (χ0) is 11.4. The van der Waals surface area contributed by atoms with Gasteiger partial charge < -0.3 is 5.32 Å². The highest BCUT2D eigenvalue weighted by atomic mass is 19.1. The predicted molar refractivity (Wildman–Crippen MR) is 51.7 cm³/mol. The number of halogens is 1. The summed E-state index contributed by atoms with van der Waals surface area (Å²) in [6.45, 7) is 0.232. The number of aromatic nitrogens is 4. The number of aromatic amines is 1. The van der Waals surface area contributed by atoms with Crippen molar-refractivity contribution in [2.75, 3.05) is 0 Å². The lowest BCUT2D eigenvalue weighted by molar-refractivity contribution is 0.0949. The zero-order valence-corrected chi connectivity index (χ0v) is 8.14. The number of nitrogens with zero attached hydrogens (tertiary/aromatic N) is 3. The van der Waals surface area contributed by atoms with E-state index in [9.17, 15) is 9.18 Å². The molecule has 0 aliphatic carbocycles. The third kappa shape index (κ3) is 2.38. The Balaban J connectivity index is 1.95. The van der Waals surface area contributed by atoms with Crippen molar-refractivity contribution in [2.24, 2.45) is 0 Å². The molecule has 6 nitrogen and oxygen atoms in total. The van der Waals surface area contributed by atoms with Crippen molar-refractivity contribution in [1.29, 1.82) is 0 Å². The number of carbonyl (C=O) groups excluding carboxylic acids is 1. The summed E-state index contributed by atoms with van der Waals surface area (Å²) in [4.78, 5) is 18.7. The first kappa shape index (κ1) is 10.2. The average molecular weight is 221 g/mol. The molecular weight excluding hydrogens is 213 g/mol. The minimum absolute atomic E-state index is 0.232. The van der Waals surface area contributed by atoms with Crippen LogP contribution in [0.25, 0.3) is 0 Å². The zero-order valence-electron chi connectivity index (χ0n) is 8.14. The summed E-state index contributed by atoms with van der Waals surface area (Å²) in [5.74, 6) is -0.417. The van der Waals surface area contributed by atoms with Gasteiger partial charge in [-0.25, -0.2) is 9.97 Å². The fourth-order valence-electron chi connectivity index (χ4n) is 1.09. The van der Waals surface area contributed by atoms with E-state index in [1.54, 1.807) is 0 Å². The van der Waals surface area contributed by atoms with Crippen LogP contribution < -0.4 is 5.32 Å². The Bertz CT molecular complexity index is 467. The third-order valence-corrected chi connectivity index (χ3v) is 1.87. The summed E-state index contributed by atoms with van der Waals surface area (Å²) in [7, 11) is 0. The Morgan fingerprint density at radius 3 is 2.94 bits per heavy atom. The molecule has 0 aromatic carbocycles. The van der Waals surface area contributed by atoms with Crippen molar-refractivity contribution in [3.05, 3.63) is 42.0 Å². The van der Waals surface area contributed by atoms with Gasteiger partial charge in [0, 0.05) is 6.20 Å². The van der Waals surface area contributed by atoms with Gasteiger partial charge in [-0.1, -0.05) is 0 Å². The lowest BCUT2D eigenvalue weighted by atomic mass is 10.2. The summed E-state index contributed by atoms with van der Waals surface area (Å²) in [6.07, 6.45) is 2.52. The number of carbonyl (C=O) groups is 1. The molecule has 1 amide bonds. The standard InChI is InChI=1S/C9H8FN5O/c10-7-2-1-6(3-11-7)9(16)12-4-8-13-5-14-15-8/h1-3,5H,4H2,(H,12,16)(H,13,14,15). The molecule has 7 heteroatoms. The van der Waals surface area contributed by atoms with Gasteiger partial charge in [-0.05, 0) is 12.1 Å². The van der Waals surface area contributed by atoms with Gasteiger partial charge in [-0.15, -0.1) is 0 Å². The Morgan fingerprint density at radius 1 is 1.44 bits per heavy atom. The summed E-state index contributed by atoms with van der Waals surface area (Å²) < 4.78 is 12.5. The van der Waals surface area contributed by atoms with Gasteiger partial charge in [-0.3, -0.25) is 9.89 Å². The largest absolute Gasteiger partial charge is 0.345 e. The van der Waals surface area contributed by atoms with Crippen LogP contribution in [0, 0.1) is 5.95 Å². The van der Waals surface area contributed by atoms with E-state index < -0.39 is 5.95 Å². The number of hydrogen-bond acceptors (Lipinski definition) is 4. The molecule has 2 heterocycles. The molecule has 2 aromatic heterocycles. The first-order valence-electron chi connectivity index (χ1n) is 4.49. The summed E-state index contributed by atoms with van der Waals surface area (Å²) in [5, 5.41) is 8.82. The Labute approximate surface area is 89.9 Å². The molecule has 0 spiro atoms. The maximum absolute atomic E-state index is 12.5. The molecule has 0 atom stereocenters. The molecule has 2 aromatic rings.